The van der Waals surface area contributed by atoms with Gasteiger partial charge in [-0.2, -0.15) is 0 Å². The van der Waals surface area contributed by atoms with Crippen LogP contribution in [-0.4, -0.2) is 10.2 Å². The van der Waals surface area contributed by atoms with E-state index < -0.39 is 0 Å². The van der Waals surface area contributed by atoms with Gasteiger partial charge >= 0.3 is 0 Å². The SMILES string of the molecule is CCc1ccccc1N1C(=O)/C(=C/c2ccc(SCc3ccccc3)o2)SC1=S. The zero-order valence-corrected chi connectivity index (χ0v) is 18.3. The molecule has 4 rings (SSSR count). The maximum absolute atomic E-state index is 13.0. The van der Waals surface area contributed by atoms with Gasteiger partial charge in [0, 0.05) is 11.8 Å². The lowest BCUT2D eigenvalue weighted by Gasteiger charge is -2.17. The van der Waals surface area contributed by atoms with Crippen molar-refractivity contribution in [1.82, 2.24) is 0 Å². The summed E-state index contributed by atoms with van der Waals surface area (Å²) in [5.74, 6) is 1.39. The van der Waals surface area contributed by atoms with Crippen molar-refractivity contribution >= 4 is 57.7 Å². The Hall–Kier alpha value is -2.28. The largest absolute Gasteiger partial charge is 0.450 e. The molecule has 0 N–H and O–H groups in total. The van der Waals surface area contributed by atoms with Crippen LogP contribution in [0.3, 0.4) is 0 Å². The number of carbonyl (C=O) groups excluding carboxylic acids is 1. The average Bonchev–Trinajstić information content (AvgIpc) is 3.31. The van der Waals surface area contributed by atoms with Crippen LogP contribution in [-0.2, 0) is 17.0 Å². The van der Waals surface area contributed by atoms with E-state index in [2.05, 4.69) is 19.1 Å². The molecule has 0 unspecified atom stereocenters. The third-order valence-electron chi connectivity index (χ3n) is 4.51. The van der Waals surface area contributed by atoms with Crippen LogP contribution in [0.4, 0.5) is 5.69 Å². The number of thioether (sulfide) groups is 2. The minimum Gasteiger partial charge on any atom is -0.450 e. The molecule has 2 heterocycles. The van der Waals surface area contributed by atoms with E-state index in [1.807, 2.05) is 54.6 Å². The van der Waals surface area contributed by atoms with E-state index in [1.54, 1.807) is 22.7 Å². The van der Waals surface area contributed by atoms with Crippen molar-refractivity contribution in [3.8, 4) is 0 Å². The van der Waals surface area contributed by atoms with Crippen LogP contribution in [0.25, 0.3) is 6.08 Å². The lowest BCUT2D eigenvalue weighted by atomic mass is 10.1. The highest BCUT2D eigenvalue weighted by Gasteiger charge is 2.34. The van der Waals surface area contributed by atoms with Gasteiger partial charge in [-0.25, -0.2) is 0 Å². The van der Waals surface area contributed by atoms with Crippen molar-refractivity contribution in [1.29, 1.82) is 0 Å². The fraction of sp³-hybridized carbons (Fsp3) is 0.130. The molecule has 0 bridgehead atoms. The number of benzene rings is 2. The Morgan fingerprint density at radius 2 is 1.83 bits per heavy atom. The Bertz CT molecular complexity index is 1070. The first-order chi connectivity index (χ1) is 14.2. The first-order valence-corrected chi connectivity index (χ1v) is 11.5. The second kappa shape index (κ2) is 9.03. The van der Waals surface area contributed by atoms with Gasteiger partial charge in [-0.05, 0) is 35.7 Å². The Morgan fingerprint density at radius 1 is 1.07 bits per heavy atom. The number of hydrogen-bond acceptors (Lipinski definition) is 5. The summed E-state index contributed by atoms with van der Waals surface area (Å²) in [4.78, 5) is 15.2. The molecule has 1 amide bonds. The summed E-state index contributed by atoms with van der Waals surface area (Å²) in [6.07, 6.45) is 2.62. The first-order valence-electron chi connectivity index (χ1n) is 9.28. The van der Waals surface area contributed by atoms with Crippen LogP contribution < -0.4 is 4.90 Å². The number of aryl methyl sites for hydroxylation is 1. The molecule has 29 heavy (non-hydrogen) atoms. The number of amides is 1. The van der Waals surface area contributed by atoms with Crippen molar-refractivity contribution in [3.05, 3.63) is 88.5 Å². The maximum atomic E-state index is 13.0. The van der Waals surface area contributed by atoms with Crippen molar-refractivity contribution < 1.29 is 9.21 Å². The molecule has 1 aliphatic heterocycles. The summed E-state index contributed by atoms with van der Waals surface area (Å²) in [7, 11) is 0. The molecule has 146 valence electrons. The second-order valence-corrected chi connectivity index (χ2v) is 9.09. The maximum Gasteiger partial charge on any atom is 0.270 e. The van der Waals surface area contributed by atoms with Crippen LogP contribution in [0.2, 0.25) is 0 Å². The summed E-state index contributed by atoms with van der Waals surface area (Å²) >= 11 is 8.44. The third kappa shape index (κ3) is 4.50. The second-order valence-electron chi connectivity index (χ2n) is 6.43. The van der Waals surface area contributed by atoms with Crippen LogP contribution in [0.1, 0.15) is 23.8 Å². The van der Waals surface area contributed by atoms with Crippen LogP contribution in [0, 0.1) is 0 Å². The molecule has 3 nitrogen and oxygen atoms in total. The number of hydrogen-bond donors (Lipinski definition) is 0. The predicted octanol–water partition coefficient (Wildman–Crippen LogP) is 6.54. The monoisotopic (exact) mass is 437 g/mol. The highest BCUT2D eigenvalue weighted by Crippen LogP contribution is 2.38. The van der Waals surface area contributed by atoms with E-state index in [1.165, 1.54) is 17.3 Å². The molecule has 6 heteroatoms. The highest BCUT2D eigenvalue weighted by molar-refractivity contribution is 8.27. The number of nitrogens with zero attached hydrogens (tertiary/aromatic N) is 1. The van der Waals surface area contributed by atoms with Gasteiger partial charge in [0.25, 0.3) is 5.91 Å². The van der Waals surface area contributed by atoms with Crippen LogP contribution in [0.5, 0.6) is 0 Å². The van der Waals surface area contributed by atoms with E-state index in [0.717, 1.165) is 28.5 Å². The zero-order valence-electron chi connectivity index (χ0n) is 15.8. The smallest absolute Gasteiger partial charge is 0.270 e. The van der Waals surface area contributed by atoms with Crippen LogP contribution >= 0.6 is 35.7 Å². The number of para-hydroxylation sites is 1. The van der Waals surface area contributed by atoms with Gasteiger partial charge < -0.3 is 4.42 Å². The number of anilines is 1. The van der Waals surface area contributed by atoms with E-state index in [9.17, 15) is 4.79 Å². The number of thiocarbonyl (C=S) groups is 1. The predicted molar refractivity (Wildman–Crippen MR) is 126 cm³/mol. The molecule has 0 saturated carbocycles. The third-order valence-corrected chi connectivity index (χ3v) is 6.79. The number of rotatable bonds is 6. The fourth-order valence-electron chi connectivity index (χ4n) is 3.05. The molecular weight excluding hydrogens is 418 g/mol. The molecule has 1 fully saturated rings. The fourth-order valence-corrected chi connectivity index (χ4v) is 5.14. The van der Waals surface area contributed by atoms with Crippen molar-refractivity contribution in [2.45, 2.75) is 24.2 Å². The molecule has 1 aromatic heterocycles. The van der Waals surface area contributed by atoms with Crippen molar-refractivity contribution in [3.63, 3.8) is 0 Å². The summed E-state index contributed by atoms with van der Waals surface area (Å²) in [5, 5.41) is 0.826. The van der Waals surface area contributed by atoms with Crippen molar-refractivity contribution in [2.24, 2.45) is 0 Å². The van der Waals surface area contributed by atoms with Gasteiger partial charge in [0.2, 0.25) is 0 Å². The molecular formula is C23H19NO2S3. The Labute approximate surface area is 184 Å². The Kier molecular flexibility index (Phi) is 6.23. The summed E-state index contributed by atoms with van der Waals surface area (Å²) in [5.41, 5.74) is 3.20. The van der Waals surface area contributed by atoms with E-state index in [4.69, 9.17) is 16.6 Å². The highest BCUT2D eigenvalue weighted by atomic mass is 32.2. The molecule has 0 atom stereocenters. The Balaban J connectivity index is 1.50. The summed E-state index contributed by atoms with van der Waals surface area (Å²) in [6, 6.07) is 22.0. The zero-order chi connectivity index (χ0) is 20.2. The molecule has 3 aromatic rings. The number of furan rings is 1. The van der Waals surface area contributed by atoms with Gasteiger partial charge in [0.15, 0.2) is 9.41 Å². The number of carbonyl (C=O) groups is 1. The molecule has 1 saturated heterocycles. The van der Waals surface area contributed by atoms with E-state index >= 15 is 0 Å². The lowest BCUT2D eigenvalue weighted by molar-refractivity contribution is -0.113. The molecule has 2 aromatic carbocycles. The minimum absolute atomic E-state index is 0.101. The van der Waals surface area contributed by atoms with E-state index in [0.29, 0.717) is 15.0 Å². The quantitative estimate of drug-likeness (QED) is 0.248. The van der Waals surface area contributed by atoms with Gasteiger partial charge in [0.05, 0.1) is 10.6 Å². The molecule has 0 radical (unpaired) electrons. The standard InChI is InChI=1S/C23H19NO2S3/c1-2-17-10-6-7-11-19(17)24-22(25)20(29-23(24)27)14-18-12-13-21(26-18)28-15-16-8-4-3-5-9-16/h3-14H,2,15H2,1H3/b20-14-. The molecule has 0 aliphatic carbocycles. The Morgan fingerprint density at radius 3 is 2.62 bits per heavy atom. The van der Waals surface area contributed by atoms with E-state index in [-0.39, 0.29) is 5.91 Å². The lowest BCUT2D eigenvalue weighted by Crippen LogP contribution is -2.28. The molecule has 0 spiro atoms. The normalized spacial score (nSPS) is 15.5. The summed E-state index contributed by atoms with van der Waals surface area (Å²) in [6.45, 7) is 2.07. The average molecular weight is 438 g/mol. The van der Waals surface area contributed by atoms with Crippen molar-refractivity contribution in [2.75, 3.05) is 4.90 Å². The summed E-state index contributed by atoms with van der Waals surface area (Å²) < 4.78 is 6.44. The van der Waals surface area contributed by atoms with Gasteiger partial charge in [-0.3, -0.25) is 9.69 Å². The topological polar surface area (TPSA) is 33.5 Å². The molecule has 1 aliphatic rings. The van der Waals surface area contributed by atoms with Gasteiger partial charge in [0.1, 0.15) is 5.76 Å². The van der Waals surface area contributed by atoms with Crippen LogP contribution in [0.15, 0.2) is 81.1 Å². The first kappa shape index (κ1) is 20.0. The van der Waals surface area contributed by atoms with Gasteiger partial charge in [-0.1, -0.05) is 91.2 Å². The van der Waals surface area contributed by atoms with Gasteiger partial charge in [-0.15, -0.1) is 0 Å². The minimum atomic E-state index is -0.101.